The van der Waals surface area contributed by atoms with Crippen molar-refractivity contribution in [1.29, 1.82) is 0 Å². The average molecular weight is 255 g/mol. The van der Waals surface area contributed by atoms with Crippen LogP contribution in [0.3, 0.4) is 0 Å². The number of nitrogens with two attached hydrogens (primary N) is 1. The van der Waals surface area contributed by atoms with Crippen LogP contribution in [0.4, 0.5) is 0 Å². The molecule has 2 heterocycles. The molecule has 0 aliphatic carbocycles. The molecule has 0 bridgehead atoms. The molecule has 4 nitrogen and oxygen atoms in total. The lowest BCUT2D eigenvalue weighted by Crippen LogP contribution is -2.63. The lowest BCUT2D eigenvalue weighted by atomic mass is 9.85. The Bertz CT molecular complexity index is 251. The Labute approximate surface area is 111 Å². The fourth-order valence-corrected chi connectivity index (χ4v) is 3.33. The van der Waals surface area contributed by atoms with Gasteiger partial charge >= 0.3 is 0 Å². The van der Waals surface area contributed by atoms with Crippen LogP contribution in [0.25, 0.3) is 0 Å². The molecule has 0 saturated carbocycles. The SMILES string of the molecule is CCC1CN(C2(CN)CCN(CC)CC2)CCO1. The molecule has 0 amide bonds. The molecular formula is C14H29N3O. The number of nitrogens with zero attached hydrogens (tertiary/aromatic N) is 2. The number of hydrogen-bond donors (Lipinski definition) is 1. The predicted octanol–water partition coefficient (Wildman–Crippen LogP) is 0.910. The Balaban J connectivity index is 1.99. The van der Waals surface area contributed by atoms with Gasteiger partial charge in [-0.3, -0.25) is 4.90 Å². The van der Waals surface area contributed by atoms with Crippen LogP contribution in [-0.2, 0) is 4.74 Å². The summed E-state index contributed by atoms with van der Waals surface area (Å²) in [7, 11) is 0. The molecule has 1 unspecified atom stereocenters. The van der Waals surface area contributed by atoms with Crippen molar-refractivity contribution in [2.24, 2.45) is 5.73 Å². The van der Waals surface area contributed by atoms with E-state index in [2.05, 4.69) is 23.6 Å². The van der Waals surface area contributed by atoms with Crippen LogP contribution in [0.1, 0.15) is 33.1 Å². The largest absolute Gasteiger partial charge is 0.376 e. The number of piperidine rings is 1. The summed E-state index contributed by atoms with van der Waals surface area (Å²) in [5.41, 5.74) is 6.38. The fourth-order valence-electron chi connectivity index (χ4n) is 3.33. The summed E-state index contributed by atoms with van der Waals surface area (Å²) in [5, 5.41) is 0. The molecule has 2 fully saturated rings. The molecule has 1 atom stereocenters. The standard InChI is InChI=1S/C14H29N3O/c1-3-13-11-17(9-10-18-13)14(12-15)5-7-16(4-2)8-6-14/h13H,3-12,15H2,1-2H3. The summed E-state index contributed by atoms with van der Waals surface area (Å²) < 4.78 is 5.79. The lowest BCUT2D eigenvalue weighted by Gasteiger charge is -2.50. The molecule has 2 aliphatic heterocycles. The Hall–Kier alpha value is -0.160. The van der Waals surface area contributed by atoms with Gasteiger partial charge < -0.3 is 15.4 Å². The summed E-state index contributed by atoms with van der Waals surface area (Å²) in [5.74, 6) is 0. The van der Waals surface area contributed by atoms with Crippen molar-refractivity contribution in [3.8, 4) is 0 Å². The fraction of sp³-hybridized carbons (Fsp3) is 1.00. The van der Waals surface area contributed by atoms with Crippen molar-refractivity contribution in [2.45, 2.75) is 44.8 Å². The zero-order chi connectivity index (χ0) is 13.0. The normalized spacial score (nSPS) is 30.5. The Morgan fingerprint density at radius 3 is 2.50 bits per heavy atom. The van der Waals surface area contributed by atoms with Gasteiger partial charge in [0.1, 0.15) is 0 Å². The first-order valence-electron chi connectivity index (χ1n) is 7.53. The highest BCUT2D eigenvalue weighted by Crippen LogP contribution is 2.30. The Kier molecular flexibility index (Phi) is 5.01. The summed E-state index contributed by atoms with van der Waals surface area (Å²) in [6.45, 7) is 11.8. The molecule has 2 rings (SSSR count). The summed E-state index contributed by atoms with van der Waals surface area (Å²) in [6, 6.07) is 0. The topological polar surface area (TPSA) is 41.7 Å². The zero-order valence-corrected chi connectivity index (χ0v) is 12.0. The van der Waals surface area contributed by atoms with E-state index < -0.39 is 0 Å². The molecule has 2 aliphatic rings. The number of ether oxygens (including phenoxy) is 1. The van der Waals surface area contributed by atoms with Gasteiger partial charge in [0.25, 0.3) is 0 Å². The van der Waals surface area contributed by atoms with Gasteiger partial charge in [-0.05, 0) is 38.9 Å². The molecule has 0 spiro atoms. The molecule has 18 heavy (non-hydrogen) atoms. The maximum absolute atomic E-state index is 6.14. The molecule has 0 aromatic carbocycles. The first-order chi connectivity index (χ1) is 8.74. The van der Waals surface area contributed by atoms with E-state index >= 15 is 0 Å². The summed E-state index contributed by atoms with van der Waals surface area (Å²) in [6.07, 6.45) is 3.95. The average Bonchev–Trinajstić information content (AvgIpc) is 2.47. The highest BCUT2D eigenvalue weighted by atomic mass is 16.5. The third kappa shape index (κ3) is 2.87. The molecule has 106 valence electrons. The van der Waals surface area contributed by atoms with Crippen molar-refractivity contribution in [3.63, 3.8) is 0 Å². The van der Waals surface area contributed by atoms with Crippen LogP contribution in [0.2, 0.25) is 0 Å². The van der Waals surface area contributed by atoms with Gasteiger partial charge in [0.05, 0.1) is 12.7 Å². The second-order valence-electron chi connectivity index (χ2n) is 5.71. The van der Waals surface area contributed by atoms with E-state index in [1.165, 1.54) is 32.5 Å². The van der Waals surface area contributed by atoms with Gasteiger partial charge in [-0.15, -0.1) is 0 Å². The van der Waals surface area contributed by atoms with Gasteiger partial charge in [-0.1, -0.05) is 13.8 Å². The van der Waals surface area contributed by atoms with E-state index in [0.717, 1.165) is 32.7 Å². The van der Waals surface area contributed by atoms with Crippen LogP contribution in [-0.4, -0.2) is 67.3 Å². The molecule has 0 aromatic rings. The van der Waals surface area contributed by atoms with Crippen molar-refractivity contribution >= 4 is 0 Å². The smallest absolute Gasteiger partial charge is 0.0700 e. The first kappa shape index (κ1) is 14.3. The first-order valence-corrected chi connectivity index (χ1v) is 7.53. The van der Waals surface area contributed by atoms with Gasteiger partial charge in [0.2, 0.25) is 0 Å². The van der Waals surface area contributed by atoms with Gasteiger partial charge in [0, 0.05) is 25.2 Å². The number of rotatable bonds is 4. The number of likely N-dealkylation sites (tertiary alicyclic amines) is 1. The molecular weight excluding hydrogens is 226 g/mol. The minimum absolute atomic E-state index is 0.239. The predicted molar refractivity (Wildman–Crippen MR) is 74.7 cm³/mol. The van der Waals surface area contributed by atoms with Crippen molar-refractivity contribution in [2.75, 3.05) is 45.9 Å². The molecule has 2 N–H and O–H groups in total. The highest BCUT2D eigenvalue weighted by Gasteiger charge is 2.40. The van der Waals surface area contributed by atoms with Crippen LogP contribution in [0.15, 0.2) is 0 Å². The van der Waals surface area contributed by atoms with E-state index in [1.54, 1.807) is 0 Å². The quantitative estimate of drug-likeness (QED) is 0.811. The third-order valence-electron chi connectivity index (χ3n) is 4.88. The lowest BCUT2D eigenvalue weighted by molar-refractivity contribution is -0.0833. The summed E-state index contributed by atoms with van der Waals surface area (Å²) >= 11 is 0. The van der Waals surface area contributed by atoms with Crippen LogP contribution in [0, 0.1) is 0 Å². The van der Waals surface area contributed by atoms with E-state index in [0.29, 0.717) is 6.10 Å². The van der Waals surface area contributed by atoms with Crippen molar-refractivity contribution < 1.29 is 4.74 Å². The highest BCUT2D eigenvalue weighted by molar-refractivity contribution is 4.97. The maximum Gasteiger partial charge on any atom is 0.0700 e. The number of morpholine rings is 1. The minimum atomic E-state index is 0.239. The van der Waals surface area contributed by atoms with Gasteiger partial charge in [0.15, 0.2) is 0 Å². The van der Waals surface area contributed by atoms with Crippen LogP contribution in [0.5, 0.6) is 0 Å². The van der Waals surface area contributed by atoms with Gasteiger partial charge in [-0.25, -0.2) is 0 Å². The Morgan fingerprint density at radius 1 is 1.22 bits per heavy atom. The van der Waals surface area contributed by atoms with E-state index in [9.17, 15) is 0 Å². The Morgan fingerprint density at radius 2 is 1.94 bits per heavy atom. The van der Waals surface area contributed by atoms with E-state index in [-0.39, 0.29) is 5.54 Å². The third-order valence-corrected chi connectivity index (χ3v) is 4.88. The van der Waals surface area contributed by atoms with E-state index in [4.69, 9.17) is 10.5 Å². The minimum Gasteiger partial charge on any atom is -0.376 e. The van der Waals surface area contributed by atoms with Crippen molar-refractivity contribution in [1.82, 2.24) is 9.80 Å². The monoisotopic (exact) mass is 255 g/mol. The van der Waals surface area contributed by atoms with Crippen LogP contribution >= 0.6 is 0 Å². The maximum atomic E-state index is 6.14. The molecule has 4 heteroatoms. The summed E-state index contributed by atoms with van der Waals surface area (Å²) in [4.78, 5) is 5.16. The zero-order valence-electron chi connectivity index (χ0n) is 12.0. The molecule has 2 saturated heterocycles. The number of hydrogen-bond acceptors (Lipinski definition) is 4. The second-order valence-corrected chi connectivity index (χ2v) is 5.71. The molecule has 0 aromatic heterocycles. The van der Waals surface area contributed by atoms with Crippen molar-refractivity contribution in [3.05, 3.63) is 0 Å². The van der Waals surface area contributed by atoms with Gasteiger partial charge in [-0.2, -0.15) is 0 Å². The van der Waals surface area contributed by atoms with Crippen LogP contribution < -0.4 is 5.73 Å². The second kappa shape index (κ2) is 6.33. The molecule has 0 radical (unpaired) electrons. The van der Waals surface area contributed by atoms with E-state index in [1.807, 2.05) is 0 Å².